The molecule has 0 aliphatic rings. The van der Waals surface area contributed by atoms with E-state index in [1.807, 2.05) is 0 Å². The average Bonchev–Trinajstić information content (AvgIpc) is 2.74. The zero-order valence-corrected chi connectivity index (χ0v) is 20.0. The highest BCUT2D eigenvalue weighted by molar-refractivity contribution is 7.71. The van der Waals surface area contributed by atoms with Gasteiger partial charge in [-0.2, -0.15) is 4.73 Å². The predicted octanol–water partition coefficient (Wildman–Crippen LogP) is 5.15. The van der Waals surface area contributed by atoms with Gasteiger partial charge in [-0.1, -0.05) is 30.4 Å². The fourth-order valence-corrected chi connectivity index (χ4v) is 4.38. The van der Waals surface area contributed by atoms with E-state index >= 15 is 0 Å². The van der Waals surface area contributed by atoms with Crippen molar-refractivity contribution in [3.05, 3.63) is 58.9 Å². The molecule has 0 aliphatic carbocycles. The molecule has 2 aromatic rings. The van der Waals surface area contributed by atoms with Crippen molar-refractivity contribution in [3.8, 4) is 5.75 Å². The number of benzene rings is 1. The molecule has 0 bridgehead atoms. The minimum Gasteiger partial charge on any atom is -0.497 e. The number of hydrogen-bond acceptors (Lipinski definition) is 8. The Hall–Kier alpha value is -2.03. The third-order valence-electron chi connectivity index (χ3n) is 4.38. The van der Waals surface area contributed by atoms with Gasteiger partial charge in [-0.3, -0.25) is 13.6 Å². The summed E-state index contributed by atoms with van der Waals surface area (Å²) in [5.41, 5.74) is -0.734. The molecule has 2 rings (SSSR count). The molecule has 1 unspecified atom stereocenters. The van der Waals surface area contributed by atoms with Crippen LogP contribution in [0.1, 0.15) is 39.4 Å². The molecule has 1 aromatic carbocycles. The maximum Gasteiger partial charge on any atom is 0.475 e. The van der Waals surface area contributed by atoms with Crippen molar-refractivity contribution in [2.24, 2.45) is 5.41 Å². The maximum atomic E-state index is 13.2. The molecule has 0 amide bonds. The fourth-order valence-electron chi connectivity index (χ4n) is 2.73. The second-order valence-corrected chi connectivity index (χ2v) is 9.05. The molecule has 10 heteroatoms. The van der Waals surface area contributed by atoms with Crippen molar-refractivity contribution in [2.45, 2.75) is 33.8 Å². The van der Waals surface area contributed by atoms with Gasteiger partial charge in [0.25, 0.3) is 0 Å². The lowest BCUT2D eigenvalue weighted by Crippen LogP contribution is -2.39. The highest BCUT2D eigenvalue weighted by Gasteiger charge is 2.45. The van der Waals surface area contributed by atoms with E-state index in [-0.39, 0.29) is 13.2 Å². The summed E-state index contributed by atoms with van der Waals surface area (Å²) in [6, 6.07) is 11.9. The Kier molecular flexibility index (Phi) is 8.97. The van der Waals surface area contributed by atoms with E-state index in [0.717, 1.165) is 0 Å². The van der Waals surface area contributed by atoms with Crippen molar-refractivity contribution in [1.29, 1.82) is 0 Å². The van der Waals surface area contributed by atoms with Crippen LogP contribution < -0.4 is 9.57 Å². The van der Waals surface area contributed by atoms with Crippen molar-refractivity contribution in [1.82, 2.24) is 4.73 Å². The van der Waals surface area contributed by atoms with Gasteiger partial charge in [0.1, 0.15) is 16.5 Å². The van der Waals surface area contributed by atoms with E-state index in [0.29, 0.717) is 16.0 Å². The largest absolute Gasteiger partial charge is 0.497 e. The van der Waals surface area contributed by atoms with Crippen molar-refractivity contribution in [2.75, 3.05) is 20.3 Å². The topological polar surface area (TPSA) is 85.2 Å². The van der Waals surface area contributed by atoms with Crippen LogP contribution in [0.3, 0.4) is 0 Å². The lowest BCUT2D eigenvalue weighted by molar-refractivity contribution is -0.161. The summed E-state index contributed by atoms with van der Waals surface area (Å²) in [7, 11) is -2.41. The minimum atomic E-state index is -3.95. The number of rotatable bonds is 11. The van der Waals surface area contributed by atoms with Crippen LogP contribution in [0.2, 0.25) is 0 Å². The molecule has 0 saturated heterocycles. The monoisotopic (exact) mass is 469 g/mol. The molecule has 0 saturated carbocycles. The number of phosphoric acid groups is 1. The van der Waals surface area contributed by atoms with Crippen molar-refractivity contribution >= 4 is 26.0 Å². The van der Waals surface area contributed by atoms with Crippen LogP contribution in [0, 0.1) is 10.1 Å². The Morgan fingerprint density at radius 1 is 1.10 bits per heavy atom. The second kappa shape index (κ2) is 11.0. The number of pyridine rings is 1. The van der Waals surface area contributed by atoms with E-state index < -0.39 is 25.3 Å². The summed E-state index contributed by atoms with van der Waals surface area (Å²) in [5.74, 6) is -0.0218. The van der Waals surface area contributed by atoms with Gasteiger partial charge in [-0.15, -0.1) is 0 Å². The van der Waals surface area contributed by atoms with Crippen LogP contribution in [-0.4, -0.2) is 31.0 Å². The number of ether oxygens (including phenoxy) is 1. The van der Waals surface area contributed by atoms with Crippen LogP contribution in [0.4, 0.5) is 0 Å². The van der Waals surface area contributed by atoms with Crippen molar-refractivity contribution < 1.29 is 32.5 Å². The number of aromatic nitrogens is 1. The standard InChI is InChI=1S/C21H28NO7PS/c1-6-26-30(24,27-7-2)29-19(16-11-13-17(25-5)14-12-16)21(3,4)20(23)28-22-15-9-8-10-18(22)31/h8-15,19H,6-7H2,1-5H3. The summed E-state index contributed by atoms with van der Waals surface area (Å²) in [6.07, 6.45) is 0.512. The SMILES string of the molecule is CCOP(=O)(OCC)OC(c1ccc(OC)cc1)C(C)(C)C(=O)On1ccccc1=S. The zero-order valence-electron chi connectivity index (χ0n) is 18.3. The molecule has 8 nitrogen and oxygen atoms in total. The van der Waals surface area contributed by atoms with E-state index in [9.17, 15) is 9.36 Å². The highest BCUT2D eigenvalue weighted by Crippen LogP contribution is 2.56. The number of nitrogens with zero attached hydrogens (tertiary/aromatic N) is 1. The first-order valence-corrected chi connectivity index (χ1v) is 11.7. The van der Waals surface area contributed by atoms with Crippen LogP contribution in [0.15, 0.2) is 48.7 Å². The van der Waals surface area contributed by atoms with Crippen LogP contribution in [0.25, 0.3) is 0 Å². The zero-order chi connectivity index (χ0) is 23.1. The molecule has 1 atom stereocenters. The summed E-state index contributed by atoms with van der Waals surface area (Å²) < 4.78 is 36.3. The number of hydrogen-bond donors (Lipinski definition) is 0. The molecule has 170 valence electrons. The molecule has 31 heavy (non-hydrogen) atoms. The molecule has 1 aromatic heterocycles. The highest BCUT2D eigenvalue weighted by atomic mass is 32.1. The minimum absolute atomic E-state index is 0.108. The summed E-state index contributed by atoms with van der Waals surface area (Å²) in [6.45, 7) is 6.81. The Balaban J connectivity index is 2.45. The molecule has 0 spiro atoms. The number of carbonyl (C=O) groups is 1. The third kappa shape index (κ3) is 6.48. The fraction of sp³-hybridized carbons (Fsp3) is 0.429. The van der Waals surface area contributed by atoms with Crippen molar-refractivity contribution in [3.63, 3.8) is 0 Å². The first-order chi connectivity index (χ1) is 14.7. The molecule has 0 fully saturated rings. The van der Waals surface area contributed by atoms with Gasteiger partial charge in [0.05, 0.1) is 25.7 Å². The van der Waals surface area contributed by atoms with Crippen LogP contribution in [0.5, 0.6) is 5.75 Å². The quantitative estimate of drug-likeness (QED) is 0.330. The smallest absolute Gasteiger partial charge is 0.475 e. The maximum absolute atomic E-state index is 13.2. The Bertz CT molecular complexity index is 964. The van der Waals surface area contributed by atoms with Crippen LogP contribution >= 0.6 is 20.0 Å². The van der Waals surface area contributed by atoms with E-state index in [1.165, 1.54) is 10.9 Å². The summed E-state index contributed by atoms with van der Waals surface area (Å²) >= 11 is 5.19. The molecule has 0 radical (unpaired) electrons. The summed E-state index contributed by atoms with van der Waals surface area (Å²) in [5, 5.41) is 0. The van der Waals surface area contributed by atoms with E-state index in [4.69, 9.17) is 35.4 Å². The number of phosphoric ester groups is 1. The van der Waals surface area contributed by atoms with Gasteiger partial charge in [0.2, 0.25) is 0 Å². The third-order valence-corrected chi connectivity index (χ3v) is 6.31. The first kappa shape index (κ1) is 25.2. The molecular weight excluding hydrogens is 441 g/mol. The van der Waals surface area contributed by atoms with Gasteiger partial charge >= 0.3 is 13.8 Å². The average molecular weight is 469 g/mol. The number of methoxy groups -OCH3 is 1. The van der Waals surface area contributed by atoms with Gasteiger partial charge in [-0.05, 0) is 57.5 Å². The molecular formula is C21H28NO7PS. The summed E-state index contributed by atoms with van der Waals surface area (Å²) in [4.78, 5) is 18.6. The Morgan fingerprint density at radius 2 is 1.71 bits per heavy atom. The lowest BCUT2D eigenvalue weighted by Gasteiger charge is -2.34. The van der Waals surface area contributed by atoms with E-state index in [1.54, 1.807) is 77.3 Å². The molecule has 0 N–H and O–H groups in total. The lowest BCUT2D eigenvalue weighted by atomic mass is 9.83. The molecule has 1 heterocycles. The second-order valence-electron chi connectivity index (χ2n) is 7.01. The Labute approximate surface area is 187 Å². The van der Waals surface area contributed by atoms with Gasteiger partial charge in [-0.25, -0.2) is 9.36 Å². The van der Waals surface area contributed by atoms with Crippen LogP contribution in [-0.2, 0) is 22.9 Å². The van der Waals surface area contributed by atoms with Gasteiger partial charge in [0.15, 0.2) is 0 Å². The van der Waals surface area contributed by atoms with Gasteiger partial charge in [0, 0.05) is 6.20 Å². The van der Waals surface area contributed by atoms with Gasteiger partial charge < -0.3 is 9.57 Å². The normalized spacial score (nSPS) is 12.9. The van der Waals surface area contributed by atoms with E-state index in [2.05, 4.69) is 0 Å². The molecule has 0 aliphatic heterocycles. The Morgan fingerprint density at radius 3 is 2.23 bits per heavy atom. The first-order valence-electron chi connectivity index (χ1n) is 9.78. The predicted molar refractivity (Wildman–Crippen MR) is 118 cm³/mol. The number of carbonyl (C=O) groups excluding carboxylic acids is 1.